The van der Waals surface area contributed by atoms with E-state index in [9.17, 15) is 14.6 Å². The summed E-state index contributed by atoms with van der Waals surface area (Å²) in [5.41, 5.74) is 6.17. The number of hydrogen-bond donors (Lipinski definition) is 3. The summed E-state index contributed by atoms with van der Waals surface area (Å²) in [7, 11) is 0. The minimum atomic E-state index is -0.832. The van der Waals surface area contributed by atoms with E-state index in [-0.39, 0.29) is 16.9 Å². The van der Waals surface area contributed by atoms with Crippen molar-refractivity contribution in [3.8, 4) is 5.75 Å². The lowest BCUT2D eigenvalue weighted by Crippen LogP contribution is -2.24. The Morgan fingerprint density at radius 2 is 2.00 bits per heavy atom. The monoisotopic (exact) mass is 199 g/mol. The van der Waals surface area contributed by atoms with Crippen molar-refractivity contribution in [3.63, 3.8) is 0 Å². The molecule has 0 spiro atoms. The molecule has 0 heterocycles. The molecule has 78 valence electrons. The van der Waals surface area contributed by atoms with E-state index in [0.717, 1.165) is 0 Å². The second-order valence-corrected chi connectivity index (χ2v) is 3.37. The van der Waals surface area contributed by atoms with Gasteiger partial charge in [0.25, 0.3) is 0 Å². The van der Waals surface area contributed by atoms with Crippen LogP contribution in [0.15, 0.2) is 12.1 Å². The fraction of sp³-hybridized carbons (Fsp3) is 0.400. The molecule has 4 heteroatoms. The average molecular weight is 199 g/mol. The van der Waals surface area contributed by atoms with Crippen LogP contribution in [0.25, 0.3) is 0 Å². The molecule has 0 saturated heterocycles. The number of aliphatic hydroxyl groups is 1. The molecule has 2 atom stereocenters. The third kappa shape index (κ3) is 1.86. The van der Waals surface area contributed by atoms with Crippen LogP contribution in [0.5, 0.6) is 5.75 Å². The summed E-state index contributed by atoms with van der Waals surface area (Å²) in [6.45, 7) is 3.01. The van der Waals surface area contributed by atoms with Crippen LogP contribution >= 0.6 is 0 Å². The first-order chi connectivity index (χ1) is 6.45. The van der Waals surface area contributed by atoms with E-state index in [1.165, 1.54) is 26.0 Å². The largest absolute Gasteiger partial charge is 0.508 e. The summed E-state index contributed by atoms with van der Waals surface area (Å²) >= 11 is 0. The maximum atomic E-state index is 13.1. The van der Waals surface area contributed by atoms with Gasteiger partial charge in [0.1, 0.15) is 11.6 Å². The first-order valence-corrected chi connectivity index (χ1v) is 4.36. The lowest BCUT2D eigenvalue weighted by molar-refractivity contribution is 0.162. The van der Waals surface area contributed by atoms with E-state index in [2.05, 4.69) is 0 Å². The van der Waals surface area contributed by atoms with Crippen LogP contribution in [0.1, 0.15) is 24.1 Å². The number of aromatic hydroxyl groups is 1. The van der Waals surface area contributed by atoms with Crippen molar-refractivity contribution < 1.29 is 14.6 Å². The molecule has 0 fully saturated rings. The van der Waals surface area contributed by atoms with Crippen molar-refractivity contribution >= 4 is 0 Å². The highest BCUT2D eigenvalue weighted by atomic mass is 19.1. The zero-order valence-electron chi connectivity index (χ0n) is 8.16. The topological polar surface area (TPSA) is 66.5 Å². The van der Waals surface area contributed by atoms with E-state index >= 15 is 0 Å². The zero-order valence-corrected chi connectivity index (χ0v) is 8.16. The first-order valence-electron chi connectivity index (χ1n) is 4.36. The Morgan fingerprint density at radius 3 is 2.50 bits per heavy atom. The van der Waals surface area contributed by atoms with Gasteiger partial charge in [0.15, 0.2) is 0 Å². The number of phenolic OH excluding ortho intramolecular Hbond substituents is 1. The molecular formula is C10H14FNO2. The first kappa shape index (κ1) is 10.9. The maximum Gasteiger partial charge on any atom is 0.126 e. The van der Waals surface area contributed by atoms with Gasteiger partial charge in [0, 0.05) is 5.56 Å². The Bertz CT molecular complexity index is 339. The molecule has 0 bridgehead atoms. The maximum absolute atomic E-state index is 13.1. The molecule has 1 rings (SSSR count). The molecule has 3 nitrogen and oxygen atoms in total. The number of phenols is 1. The molecule has 0 saturated carbocycles. The predicted molar refractivity (Wildman–Crippen MR) is 51.4 cm³/mol. The summed E-state index contributed by atoms with van der Waals surface area (Å²) in [5, 5.41) is 18.7. The van der Waals surface area contributed by atoms with Gasteiger partial charge in [0.2, 0.25) is 0 Å². The van der Waals surface area contributed by atoms with E-state index < -0.39 is 18.0 Å². The molecule has 0 aliphatic rings. The van der Waals surface area contributed by atoms with Crippen molar-refractivity contribution in [2.75, 3.05) is 0 Å². The average Bonchev–Trinajstić information content (AvgIpc) is 2.12. The van der Waals surface area contributed by atoms with Crippen LogP contribution in [-0.4, -0.2) is 16.3 Å². The van der Waals surface area contributed by atoms with Crippen molar-refractivity contribution in [2.24, 2.45) is 5.73 Å². The molecular weight excluding hydrogens is 185 g/mol. The van der Waals surface area contributed by atoms with Gasteiger partial charge in [0.05, 0.1) is 12.1 Å². The van der Waals surface area contributed by atoms with Crippen LogP contribution in [0.3, 0.4) is 0 Å². The second-order valence-electron chi connectivity index (χ2n) is 3.37. The number of benzene rings is 1. The minimum Gasteiger partial charge on any atom is -0.508 e. The summed E-state index contributed by atoms with van der Waals surface area (Å²) in [6, 6.07) is 1.63. The van der Waals surface area contributed by atoms with Crippen molar-refractivity contribution in [3.05, 3.63) is 29.1 Å². The number of aliphatic hydroxyl groups excluding tert-OH is 1. The number of hydrogen-bond acceptors (Lipinski definition) is 3. The summed E-state index contributed by atoms with van der Waals surface area (Å²) in [6.07, 6.45) is -0.832. The van der Waals surface area contributed by atoms with Crippen LogP contribution in [-0.2, 0) is 0 Å². The van der Waals surface area contributed by atoms with E-state index in [0.29, 0.717) is 0 Å². The zero-order chi connectivity index (χ0) is 10.9. The quantitative estimate of drug-likeness (QED) is 0.671. The van der Waals surface area contributed by atoms with E-state index in [1.807, 2.05) is 0 Å². The van der Waals surface area contributed by atoms with Crippen LogP contribution in [0, 0.1) is 12.7 Å². The highest BCUT2D eigenvalue weighted by Crippen LogP contribution is 2.29. The minimum absolute atomic E-state index is 0.0858. The van der Waals surface area contributed by atoms with Crippen molar-refractivity contribution in [1.29, 1.82) is 0 Å². The Labute approximate surface area is 82.0 Å². The molecule has 0 aromatic heterocycles. The smallest absolute Gasteiger partial charge is 0.126 e. The summed E-state index contributed by atoms with van der Waals surface area (Å²) in [5.74, 6) is -0.522. The number of rotatable bonds is 2. The Morgan fingerprint density at radius 1 is 1.43 bits per heavy atom. The predicted octanol–water partition coefficient (Wildman–Crippen LogP) is 1.22. The Balaban J connectivity index is 3.25. The van der Waals surface area contributed by atoms with Crippen molar-refractivity contribution in [2.45, 2.75) is 26.0 Å². The standard InChI is InChI=1S/C10H14FNO2/c1-5-7(11)3-4-8(14)9(5)10(12)6(2)13/h3-4,6,10,13-14H,12H2,1-2H3/t6-,10+/m0/s1. The third-order valence-corrected chi connectivity index (χ3v) is 2.28. The lowest BCUT2D eigenvalue weighted by atomic mass is 9.97. The molecule has 0 radical (unpaired) electrons. The molecule has 0 amide bonds. The molecule has 0 aliphatic heterocycles. The number of nitrogens with two attached hydrogens (primary N) is 1. The Hall–Kier alpha value is -1.13. The molecule has 1 aromatic rings. The SMILES string of the molecule is Cc1c(F)ccc(O)c1[C@H](N)[C@H](C)O. The lowest BCUT2D eigenvalue weighted by Gasteiger charge is -2.18. The van der Waals surface area contributed by atoms with Gasteiger partial charge in [-0.3, -0.25) is 0 Å². The molecule has 0 aliphatic carbocycles. The van der Waals surface area contributed by atoms with Gasteiger partial charge in [-0.05, 0) is 31.5 Å². The highest BCUT2D eigenvalue weighted by Gasteiger charge is 2.20. The Kier molecular flexibility index (Phi) is 3.08. The third-order valence-electron chi connectivity index (χ3n) is 2.28. The van der Waals surface area contributed by atoms with Crippen LogP contribution < -0.4 is 5.73 Å². The molecule has 4 N–H and O–H groups in total. The summed E-state index contributed by atoms with van der Waals surface area (Å²) in [4.78, 5) is 0. The van der Waals surface area contributed by atoms with Gasteiger partial charge in [-0.25, -0.2) is 4.39 Å². The van der Waals surface area contributed by atoms with E-state index in [4.69, 9.17) is 5.73 Å². The van der Waals surface area contributed by atoms with Gasteiger partial charge >= 0.3 is 0 Å². The summed E-state index contributed by atoms with van der Waals surface area (Å²) < 4.78 is 13.1. The second kappa shape index (κ2) is 3.94. The van der Waals surface area contributed by atoms with Crippen molar-refractivity contribution in [1.82, 2.24) is 0 Å². The van der Waals surface area contributed by atoms with Crippen LogP contribution in [0.2, 0.25) is 0 Å². The molecule has 14 heavy (non-hydrogen) atoms. The normalized spacial score (nSPS) is 15.2. The fourth-order valence-corrected chi connectivity index (χ4v) is 1.35. The highest BCUT2D eigenvalue weighted by molar-refractivity contribution is 5.42. The van der Waals surface area contributed by atoms with Gasteiger partial charge in [-0.2, -0.15) is 0 Å². The fourth-order valence-electron chi connectivity index (χ4n) is 1.35. The van der Waals surface area contributed by atoms with Gasteiger partial charge in [-0.15, -0.1) is 0 Å². The van der Waals surface area contributed by atoms with Crippen LogP contribution in [0.4, 0.5) is 4.39 Å². The molecule has 0 unspecified atom stereocenters. The number of halogens is 1. The van der Waals surface area contributed by atoms with Gasteiger partial charge < -0.3 is 15.9 Å². The van der Waals surface area contributed by atoms with Gasteiger partial charge in [-0.1, -0.05) is 0 Å². The molecule has 1 aromatic carbocycles. The van der Waals surface area contributed by atoms with E-state index in [1.54, 1.807) is 0 Å².